The van der Waals surface area contributed by atoms with Crippen LogP contribution >= 0.6 is 0 Å². The second-order valence-electron chi connectivity index (χ2n) is 12.0. The Morgan fingerprint density at radius 3 is 1.69 bits per heavy atom. The molecule has 0 atom stereocenters. The van der Waals surface area contributed by atoms with Gasteiger partial charge in [-0.15, -0.1) is 0 Å². The van der Waals surface area contributed by atoms with Gasteiger partial charge in [-0.1, -0.05) is 158 Å². The monoisotopic (exact) mass is 633 g/mol. The molecule has 0 amide bonds. The van der Waals surface area contributed by atoms with Crippen LogP contribution in [0.4, 0.5) is 0 Å². The van der Waals surface area contributed by atoms with Crippen LogP contribution in [0.5, 0.6) is 0 Å². The molecule has 1 aromatic heterocycles. The van der Waals surface area contributed by atoms with Crippen LogP contribution in [0.15, 0.2) is 186 Å². The first-order chi connectivity index (χ1) is 28.9. The summed E-state index contributed by atoms with van der Waals surface area (Å²) < 4.78 is 102. The molecule has 228 valence electrons. The van der Waals surface area contributed by atoms with Gasteiger partial charge in [0.15, 0.2) is 0 Å². The van der Waals surface area contributed by atoms with Crippen molar-refractivity contribution < 1.29 is 19.5 Å². The van der Waals surface area contributed by atoms with E-state index in [1.54, 1.807) is 6.07 Å². The molecule has 0 aliphatic carbocycles. The van der Waals surface area contributed by atoms with Gasteiger partial charge in [0, 0.05) is 16.3 Å². The molecule has 9 aromatic carbocycles. The summed E-state index contributed by atoms with van der Waals surface area (Å²) in [4.78, 5) is 0. The van der Waals surface area contributed by atoms with Gasteiger partial charge in [0.2, 0.25) is 0 Å². The zero-order chi connectivity index (χ0) is 41.9. The van der Waals surface area contributed by atoms with E-state index in [-0.39, 0.29) is 39.1 Å². The van der Waals surface area contributed by atoms with Crippen LogP contribution in [0.3, 0.4) is 0 Å². The van der Waals surface area contributed by atoms with Crippen molar-refractivity contribution in [2.45, 2.75) is 0 Å². The second-order valence-corrected chi connectivity index (χ2v) is 12.0. The normalized spacial score (nSPS) is 14.8. The van der Waals surface area contributed by atoms with Gasteiger partial charge in [0.25, 0.3) is 0 Å². The summed E-state index contributed by atoms with van der Waals surface area (Å²) in [5.41, 5.74) is 4.01. The molecule has 10 rings (SSSR count). The van der Waals surface area contributed by atoms with E-state index in [2.05, 4.69) is 84.9 Å². The summed E-state index contributed by atoms with van der Waals surface area (Å²) in [5, 5.41) is 6.13. The van der Waals surface area contributed by atoms with Gasteiger partial charge in [-0.25, -0.2) is 0 Å². The summed E-state index contributed by atoms with van der Waals surface area (Å²) in [5.74, 6) is 0. The maximum Gasteiger partial charge on any atom is 0.143 e. The molecule has 1 heterocycles. The molecule has 0 radical (unpaired) electrons. The van der Waals surface area contributed by atoms with Crippen molar-refractivity contribution >= 4 is 54.3 Å². The Hall–Kier alpha value is -6.44. The molecule has 0 aliphatic heterocycles. The lowest BCUT2D eigenvalue weighted by Gasteiger charge is -2.18. The summed E-state index contributed by atoms with van der Waals surface area (Å²) in [6.07, 6.45) is 0. The van der Waals surface area contributed by atoms with Crippen LogP contribution in [0.2, 0.25) is 0 Å². The fraction of sp³-hybridized carbons (Fsp3) is 0. The van der Waals surface area contributed by atoms with Gasteiger partial charge >= 0.3 is 0 Å². The van der Waals surface area contributed by atoms with Crippen molar-refractivity contribution in [2.75, 3.05) is 0 Å². The molecule has 0 saturated heterocycles. The number of benzene rings is 9. The van der Waals surface area contributed by atoms with Crippen LogP contribution in [-0.4, -0.2) is 0 Å². The number of hydrogen-bond acceptors (Lipinski definition) is 1. The van der Waals surface area contributed by atoms with Gasteiger partial charge in [-0.05, 0) is 95.5 Å². The van der Waals surface area contributed by atoms with Gasteiger partial charge in [-0.3, -0.25) is 0 Å². The molecule has 10 aromatic rings. The van der Waals surface area contributed by atoms with E-state index in [0.717, 1.165) is 49.0 Å². The Balaban J connectivity index is 1.18. The van der Waals surface area contributed by atoms with E-state index >= 15 is 0 Å². The van der Waals surface area contributed by atoms with E-state index in [0.29, 0.717) is 5.56 Å². The topological polar surface area (TPSA) is 13.1 Å². The molecule has 0 spiro atoms. The van der Waals surface area contributed by atoms with Crippen LogP contribution < -0.4 is 0 Å². The predicted octanol–water partition coefficient (Wildman–Crippen LogP) is 13.7. The quantitative estimate of drug-likeness (QED) is 0.176. The Labute approximate surface area is 299 Å². The average molecular weight is 634 g/mol. The molecule has 0 aliphatic rings. The maximum atomic E-state index is 9.15. The highest BCUT2D eigenvalue weighted by Gasteiger charge is 2.17. The summed E-state index contributed by atoms with van der Waals surface area (Å²) in [6.45, 7) is 0. The molecular formula is C48H30O. The van der Waals surface area contributed by atoms with Gasteiger partial charge in [-0.2, -0.15) is 0 Å². The standard InChI is InChI=1S/C48H30O/c1-3-12-31(13-4-1)35-26-27-39-44-21-11-20-38(48(44)49-45(39)30-35)36-24-22-34-29-37(25-23-33(34)28-36)47-42-18-9-7-16-40(42)46(32-14-5-2-6-15-32)41-17-8-10-19-43(41)47/h1-30H/i1D,3D,4D,11D,12D,13D,20D,21D,26D,27D,30D. The van der Waals surface area contributed by atoms with Crippen molar-refractivity contribution in [3.8, 4) is 44.5 Å². The lowest BCUT2D eigenvalue weighted by molar-refractivity contribution is 0.670. The third kappa shape index (κ3) is 4.47. The number of furan rings is 1. The third-order valence-corrected chi connectivity index (χ3v) is 9.22. The average Bonchev–Trinajstić information content (AvgIpc) is 3.67. The minimum Gasteiger partial charge on any atom is -0.455 e. The fourth-order valence-electron chi connectivity index (χ4n) is 7.03. The van der Waals surface area contributed by atoms with Crippen molar-refractivity contribution in [3.63, 3.8) is 0 Å². The summed E-state index contributed by atoms with van der Waals surface area (Å²) >= 11 is 0. The SMILES string of the molecule is [2H]c1c([2H])c([2H])c(-c2c([2H])c([2H])c3c(oc4c(-c5ccc6cc(-c7c8ccccc8c(-c8ccccc8)c8ccccc78)ccc6c5)c([2H])c([2H])c([2H])c43)c2[2H])c([2H])c1[2H]. The molecule has 0 N–H and O–H groups in total. The molecule has 1 heteroatoms. The Morgan fingerprint density at radius 1 is 0.388 bits per heavy atom. The van der Waals surface area contributed by atoms with Gasteiger partial charge in [0.05, 0.1) is 15.1 Å². The predicted molar refractivity (Wildman–Crippen MR) is 208 cm³/mol. The first-order valence-corrected chi connectivity index (χ1v) is 15.9. The number of para-hydroxylation sites is 1. The van der Waals surface area contributed by atoms with Crippen LogP contribution in [0.25, 0.3) is 98.8 Å². The van der Waals surface area contributed by atoms with E-state index in [1.807, 2.05) is 24.3 Å². The van der Waals surface area contributed by atoms with Crippen LogP contribution in [0.1, 0.15) is 15.1 Å². The first kappa shape index (κ1) is 18.8. The molecular weight excluding hydrogens is 593 g/mol. The molecule has 1 nitrogen and oxygen atoms in total. The van der Waals surface area contributed by atoms with Crippen LogP contribution in [-0.2, 0) is 0 Å². The molecule has 0 saturated carbocycles. The zero-order valence-electron chi connectivity index (χ0n) is 36.9. The second kappa shape index (κ2) is 11.1. The highest BCUT2D eigenvalue weighted by atomic mass is 16.3. The highest BCUT2D eigenvalue weighted by molar-refractivity contribution is 6.21. The fourth-order valence-corrected chi connectivity index (χ4v) is 7.03. The van der Waals surface area contributed by atoms with E-state index in [4.69, 9.17) is 19.5 Å². The van der Waals surface area contributed by atoms with E-state index in [1.165, 1.54) is 5.56 Å². The molecule has 0 unspecified atom stereocenters. The molecule has 0 fully saturated rings. The lowest BCUT2D eigenvalue weighted by Crippen LogP contribution is -1.90. The van der Waals surface area contributed by atoms with Crippen molar-refractivity contribution in [2.24, 2.45) is 0 Å². The first-order valence-electron chi connectivity index (χ1n) is 21.4. The number of rotatable bonds is 4. The Kier molecular flexibility index (Phi) is 4.25. The van der Waals surface area contributed by atoms with E-state index in [9.17, 15) is 0 Å². The summed E-state index contributed by atoms with van der Waals surface area (Å²) in [6, 6.07) is 33.1. The van der Waals surface area contributed by atoms with Crippen molar-refractivity contribution in [3.05, 3.63) is 182 Å². The molecule has 49 heavy (non-hydrogen) atoms. The van der Waals surface area contributed by atoms with E-state index < -0.39 is 66.0 Å². The zero-order valence-corrected chi connectivity index (χ0v) is 25.9. The van der Waals surface area contributed by atoms with Gasteiger partial charge in [0.1, 0.15) is 11.2 Å². The maximum absolute atomic E-state index is 9.15. The molecule has 0 bridgehead atoms. The van der Waals surface area contributed by atoms with Crippen molar-refractivity contribution in [1.29, 1.82) is 0 Å². The number of fused-ring (bicyclic) bond motifs is 6. The third-order valence-electron chi connectivity index (χ3n) is 9.22. The minimum absolute atomic E-state index is 0.0197. The minimum atomic E-state index is -0.652. The Bertz CT molecular complexity index is 3420. The van der Waals surface area contributed by atoms with Gasteiger partial charge < -0.3 is 4.42 Å². The lowest BCUT2D eigenvalue weighted by atomic mass is 9.85. The van der Waals surface area contributed by atoms with Crippen LogP contribution in [0, 0.1) is 0 Å². The Morgan fingerprint density at radius 2 is 1.00 bits per heavy atom. The smallest absolute Gasteiger partial charge is 0.143 e. The highest BCUT2D eigenvalue weighted by Crippen LogP contribution is 2.44. The van der Waals surface area contributed by atoms with Crippen molar-refractivity contribution in [1.82, 2.24) is 0 Å². The summed E-state index contributed by atoms with van der Waals surface area (Å²) in [7, 11) is 0. The largest absolute Gasteiger partial charge is 0.455 e. The number of hydrogen-bond donors (Lipinski definition) is 0.